The van der Waals surface area contributed by atoms with Crippen LogP contribution in [-0.2, 0) is 20.2 Å². The molecule has 21 heteroatoms. The molecule has 0 bridgehead atoms. The normalized spacial score (nSPS) is 11.4. The maximum absolute atomic E-state index is 10.7. The average Bonchev–Trinajstić information content (AvgIpc) is 2.64. The highest BCUT2D eigenvalue weighted by atomic mass is 32.2. The van der Waals surface area contributed by atoms with Crippen LogP contribution >= 0.6 is 0 Å². The Morgan fingerprint density at radius 3 is 0.660 bits per heavy atom. The summed E-state index contributed by atoms with van der Waals surface area (Å²) in [4.78, 5) is 13.5. The first kappa shape index (κ1) is 76.1. The van der Waals surface area contributed by atoms with Gasteiger partial charge in [0.1, 0.15) is 12.6 Å². The number of alkyl halides is 6. The summed E-state index contributed by atoms with van der Waals surface area (Å²) >= 11 is 0. The smallest absolute Gasteiger partial charge is 0.522 e. The topological polar surface area (TPSA) is 163 Å². The van der Waals surface area contributed by atoms with Gasteiger partial charge in [0.15, 0.2) is 10.1 Å². The summed E-state index contributed by atoms with van der Waals surface area (Å²) in [5.74, 6) is 0. The van der Waals surface area contributed by atoms with Gasteiger partial charge in [0.2, 0.25) is 0 Å². The highest BCUT2D eigenvalue weighted by molar-refractivity contribution is 7.86. The van der Waals surface area contributed by atoms with Crippen LogP contribution in [0.2, 0.25) is 0 Å². The molecule has 0 aliphatic rings. The Balaban J connectivity index is -0.0000000395. The Morgan fingerprint density at radius 2 is 0.638 bits per heavy atom. The van der Waals surface area contributed by atoms with Gasteiger partial charge >= 0.3 is 21.1 Å². The van der Waals surface area contributed by atoms with Crippen molar-refractivity contribution in [3.8, 4) is 0 Å². The van der Waals surface area contributed by atoms with Gasteiger partial charge in [-0.3, -0.25) is 34.0 Å². The van der Waals surface area contributed by atoms with E-state index in [-0.39, 0.29) is 50.0 Å². The number of nitrogens with zero attached hydrogens (tertiary/aromatic N) is 6. The summed E-state index contributed by atoms with van der Waals surface area (Å²) in [5.41, 5.74) is -11.2. The molecule has 0 rings (SSSR count). The third-order valence-electron chi connectivity index (χ3n) is 4.78. The monoisotopic (exact) mass is 759 g/mol. The molecule has 13 nitrogen and oxygen atoms in total. The third-order valence-corrected chi connectivity index (χ3v) is 5.93. The van der Waals surface area contributed by atoms with Gasteiger partial charge in [0.05, 0.1) is 0 Å². The number of rotatable bonds is 8. The van der Waals surface area contributed by atoms with Gasteiger partial charge in [-0.25, -0.2) is 8.42 Å². The van der Waals surface area contributed by atoms with Crippen molar-refractivity contribution in [2.45, 2.75) is 108 Å². The van der Waals surface area contributed by atoms with Gasteiger partial charge in [-0.1, -0.05) is 44.6 Å². The molecule has 0 fully saturated rings. The Morgan fingerprint density at radius 1 is 0.511 bits per heavy atom. The molecule has 0 aromatic rings. The lowest BCUT2D eigenvalue weighted by molar-refractivity contribution is -0.0519. The van der Waals surface area contributed by atoms with E-state index in [9.17, 15) is 26.3 Å². The van der Waals surface area contributed by atoms with Crippen LogP contribution in [0.5, 0.6) is 0 Å². The minimum Gasteiger partial charge on any atom is -0.741 e. The van der Waals surface area contributed by atoms with E-state index >= 15 is 0 Å². The van der Waals surface area contributed by atoms with Gasteiger partial charge in [0.25, 0.3) is 0 Å². The van der Waals surface area contributed by atoms with Gasteiger partial charge in [-0.2, -0.15) is 34.8 Å². The van der Waals surface area contributed by atoms with E-state index < -0.39 is 31.3 Å². The van der Waals surface area contributed by atoms with Gasteiger partial charge in [-0.15, -0.1) is 0 Å². The minimum atomic E-state index is -6.09. The molecule has 0 radical (unpaired) electrons. The quantitative estimate of drug-likeness (QED) is 0.154. The highest BCUT2D eigenvalue weighted by Gasteiger charge is 2.44. The second-order valence-electron chi connectivity index (χ2n) is 9.89. The number of hydrogen-bond acceptors (Lipinski definition) is 11. The summed E-state index contributed by atoms with van der Waals surface area (Å²) in [5, 5.41) is 0. The number of hydrogen-bond donors (Lipinski definition) is 1. The van der Waals surface area contributed by atoms with Crippen LogP contribution in [0.4, 0.5) is 26.3 Å². The molecule has 47 heavy (non-hydrogen) atoms. The van der Waals surface area contributed by atoms with E-state index in [1.807, 2.05) is 0 Å². The largest absolute Gasteiger partial charge is 0.741 e. The molecule has 0 atom stereocenters. The molecule has 0 unspecified atom stereocenters. The minimum absolute atomic E-state index is 0. The van der Waals surface area contributed by atoms with Gasteiger partial charge in [-0.05, 0) is 98.2 Å². The Labute approximate surface area is 285 Å². The molecule has 0 heterocycles. The molecule has 304 valence electrons. The van der Waals surface area contributed by atoms with Crippen molar-refractivity contribution >= 4 is 20.2 Å². The fourth-order valence-electron chi connectivity index (χ4n) is 2.91. The molecule has 0 aromatic heterocycles. The summed E-state index contributed by atoms with van der Waals surface area (Å²) in [6, 6.07) is 1.14. The van der Waals surface area contributed by atoms with E-state index in [4.69, 9.17) is 25.9 Å². The average molecular weight is 760 g/mol. The first-order valence-corrected chi connectivity index (χ1v) is 14.3. The molecule has 0 saturated heterocycles. The lowest BCUT2D eigenvalue weighted by Gasteiger charge is -2.39. The lowest BCUT2D eigenvalue weighted by Crippen LogP contribution is -2.54. The molecule has 0 amide bonds. The number of halogens is 6. The summed E-state index contributed by atoms with van der Waals surface area (Å²) in [7, 11) is 9.17. The van der Waals surface area contributed by atoms with Gasteiger partial charge in [0, 0.05) is 12.1 Å². The third kappa shape index (κ3) is 34.8. The highest BCUT2D eigenvalue weighted by Crippen LogP contribution is 2.21. The Hall–Kier alpha value is -0.880. The fourth-order valence-corrected chi connectivity index (χ4v) is 2.91. The Bertz CT molecular complexity index is 804. The molecule has 3 N–H and O–H groups in total. The molecule has 0 saturated carbocycles. The van der Waals surface area contributed by atoms with E-state index in [0.717, 1.165) is 0 Å². The van der Waals surface area contributed by atoms with E-state index in [1.165, 1.54) is 0 Å². The Kier molecular flexibility index (Phi) is 50.4. The zero-order chi connectivity index (χ0) is 33.8. The van der Waals surface area contributed by atoms with Crippen LogP contribution in [-0.4, -0.2) is 167 Å². The van der Waals surface area contributed by atoms with Crippen molar-refractivity contribution in [2.24, 2.45) is 0 Å². The van der Waals surface area contributed by atoms with Crippen molar-refractivity contribution in [3.63, 3.8) is 0 Å². The van der Waals surface area contributed by atoms with Crippen molar-refractivity contribution in [1.29, 1.82) is 0 Å². The maximum atomic E-state index is 10.7. The van der Waals surface area contributed by atoms with E-state index in [1.54, 1.807) is 0 Å². The van der Waals surface area contributed by atoms with Crippen molar-refractivity contribution < 1.29 is 57.8 Å². The second-order valence-corrected chi connectivity index (χ2v) is 12.7. The van der Waals surface area contributed by atoms with E-state index in [2.05, 4.69) is 128 Å². The predicted molar refractivity (Wildman–Crippen MR) is 185 cm³/mol. The molecule has 0 aromatic carbocycles. The van der Waals surface area contributed by atoms with Crippen molar-refractivity contribution in [1.82, 2.24) is 29.4 Å². The van der Waals surface area contributed by atoms with Crippen LogP contribution in [0.25, 0.3) is 0 Å². The van der Waals surface area contributed by atoms with Gasteiger partial charge < -0.3 is 10.0 Å². The standard InChI is InChI=1S/2C9H23N3.2CHF3O3S.6CH4.H2O/c2*1-8(2)12(7)9(10(3)4)11(5)6;2*2-1(3,4)8(5,6)7;;;;;;;/h2*8-9H,1-7H3;2*(H,5,6,7);6*1H4;1H2/p-1. The molecule has 0 aliphatic heterocycles. The summed E-state index contributed by atoms with van der Waals surface area (Å²) < 4.78 is 116. The predicted octanol–water partition coefficient (Wildman–Crippen LogP) is 4.90. The van der Waals surface area contributed by atoms with Crippen LogP contribution in [0, 0.1) is 0 Å². The molecular formula is C26H73F6N6O7S2-. The summed E-state index contributed by atoms with van der Waals surface area (Å²) in [6.45, 7) is 8.83. The van der Waals surface area contributed by atoms with E-state index in [0.29, 0.717) is 24.7 Å². The molecular weight excluding hydrogens is 686 g/mol. The molecule has 0 spiro atoms. The molecule has 0 aliphatic carbocycles. The summed E-state index contributed by atoms with van der Waals surface area (Å²) in [6.07, 6.45) is 0.759. The van der Waals surface area contributed by atoms with Crippen molar-refractivity contribution in [3.05, 3.63) is 0 Å². The fraction of sp³-hybridized carbons (Fsp3) is 1.00. The van der Waals surface area contributed by atoms with Crippen LogP contribution in [0.3, 0.4) is 0 Å². The lowest BCUT2D eigenvalue weighted by atomic mass is 10.3. The zero-order valence-electron chi connectivity index (χ0n) is 26.1. The zero-order valence-corrected chi connectivity index (χ0v) is 27.7. The van der Waals surface area contributed by atoms with Crippen LogP contribution in [0.1, 0.15) is 72.3 Å². The maximum Gasteiger partial charge on any atom is 0.522 e. The van der Waals surface area contributed by atoms with Crippen LogP contribution < -0.4 is 0 Å². The van der Waals surface area contributed by atoms with Crippen molar-refractivity contribution in [2.75, 3.05) is 70.5 Å². The SMILES string of the molecule is C.C.C.C.C.C.CC(C)N(C)C(N(C)C)N(C)C.CC(C)N(C)C(N(C)C)N(C)C.O.O=S(=O)(O)C(F)(F)F.O=S(=O)([O-])C(F)(F)F. The first-order valence-electron chi connectivity index (χ1n) is 11.4. The second kappa shape index (κ2) is 31.1. The van der Waals surface area contributed by atoms with Crippen LogP contribution in [0.15, 0.2) is 0 Å². The first-order chi connectivity index (χ1) is 17.2.